The normalized spacial score (nSPS) is 21.1. The van der Waals surface area contributed by atoms with Crippen molar-refractivity contribution in [1.82, 2.24) is 4.98 Å². The monoisotopic (exact) mass is 308 g/mol. The number of methoxy groups -OCH3 is 1. The maximum atomic E-state index is 12.0. The van der Waals surface area contributed by atoms with E-state index < -0.39 is 0 Å². The average molecular weight is 308 g/mol. The Morgan fingerprint density at radius 3 is 2.78 bits per heavy atom. The summed E-state index contributed by atoms with van der Waals surface area (Å²) in [6, 6.07) is 7.84. The fourth-order valence-electron chi connectivity index (χ4n) is 4.12. The molecule has 0 aliphatic heterocycles. The number of anilines is 2. The number of hydrogen-bond acceptors (Lipinski definition) is 4. The van der Waals surface area contributed by atoms with Gasteiger partial charge in [-0.05, 0) is 55.7 Å². The molecule has 1 heterocycles. The van der Waals surface area contributed by atoms with Crippen LogP contribution in [-0.2, 0) is 0 Å². The van der Waals surface area contributed by atoms with Crippen molar-refractivity contribution in [1.29, 1.82) is 0 Å². The number of benzene rings is 1. The lowest BCUT2D eigenvalue weighted by atomic mass is 9.88. The first-order valence-electron chi connectivity index (χ1n) is 8.12. The van der Waals surface area contributed by atoms with E-state index in [1.54, 1.807) is 20.2 Å². The number of ketones is 1. The zero-order valence-electron chi connectivity index (χ0n) is 13.4. The number of rotatable bonds is 4. The van der Waals surface area contributed by atoms with Crippen LogP contribution < -0.4 is 10.1 Å². The van der Waals surface area contributed by atoms with E-state index in [2.05, 4.69) is 10.3 Å². The van der Waals surface area contributed by atoms with E-state index in [0.717, 1.165) is 29.2 Å². The fourth-order valence-corrected chi connectivity index (χ4v) is 4.12. The first-order valence-corrected chi connectivity index (χ1v) is 8.12. The standard InChI is InChI=1S/C19H20N2O2/c1-11(22)16-10-20-19(18-13-7-6-12(8-13)17(16)18)21-14-4-3-5-15(9-14)23-2/h3-5,9-10,12-13H,6-8H2,1-2H3,(H,20,21). The molecule has 0 saturated heterocycles. The van der Waals surface area contributed by atoms with Crippen LogP contribution in [0.25, 0.3) is 0 Å². The summed E-state index contributed by atoms with van der Waals surface area (Å²) in [5.74, 6) is 2.89. The van der Waals surface area contributed by atoms with Crippen LogP contribution in [0.2, 0.25) is 0 Å². The summed E-state index contributed by atoms with van der Waals surface area (Å²) in [6.07, 6.45) is 5.30. The molecule has 1 aromatic heterocycles. The number of carbonyl (C=O) groups is 1. The van der Waals surface area contributed by atoms with Crippen LogP contribution in [0.1, 0.15) is 59.5 Å². The van der Waals surface area contributed by atoms with Crippen LogP contribution in [-0.4, -0.2) is 17.9 Å². The second-order valence-corrected chi connectivity index (χ2v) is 6.47. The second-order valence-electron chi connectivity index (χ2n) is 6.47. The van der Waals surface area contributed by atoms with Crippen molar-refractivity contribution >= 4 is 17.3 Å². The smallest absolute Gasteiger partial charge is 0.161 e. The molecule has 2 aromatic rings. The highest BCUT2D eigenvalue weighted by atomic mass is 16.5. The zero-order chi connectivity index (χ0) is 16.0. The number of pyridine rings is 1. The Labute approximate surface area is 135 Å². The molecule has 4 heteroatoms. The highest BCUT2D eigenvalue weighted by molar-refractivity contribution is 5.96. The molecule has 1 fully saturated rings. The predicted molar refractivity (Wildman–Crippen MR) is 89.9 cm³/mol. The van der Waals surface area contributed by atoms with Crippen molar-refractivity contribution < 1.29 is 9.53 Å². The van der Waals surface area contributed by atoms with Crippen molar-refractivity contribution in [3.63, 3.8) is 0 Å². The molecule has 4 nitrogen and oxygen atoms in total. The van der Waals surface area contributed by atoms with Crippen LogP contribution in [0.4, 0.5) is 11.5 Å². The van der Waals surface area contributed by atoms with Gasteiger partial charge in [0.1, 0.15) is 11.6 Å². The summed E-state index contributed by atoms with van der Waals surface area (Å²) in [7, 11) is 1.66. The summed E-state index contributed by atoms with van der Waals surface area (Å²) in [4.78, 5) is 16.5. The molecule has 118 valence electrons. The van der Waals surface area contributed by atoms with Gasteiger partial charge in [-0.15, -0.1) is 0 Å². The topological polar surface area (TPSA) is 51.2 Å². The molecule has 23 heavy (non-hydrogen) atoms. The van der Waals surface area contributed by atoms with Crippen LogP contribution in [0.3, 0.4) is 0 Å². The Kier molecular flexibility index (Phi) is 3.33. The summed E-state index contributed by atoms with van der Waals surface area (Å²) in [6.45, 7) is 1.64. The van der Waals surface area contributed by atoms with Crippen molar-refractivity contribution in [3.8, 4) is 5.75 Å². The van der Waals surface area contributed by atoms with Gasteiger partial charge < -0.3 is 10.1 Å². The van der Waals surface area contributed by atoms with Crippen molar-refractivity contribution in [2.24, 2.45) is 0 Å². The lowest BCUT2D eigenvalue weighted by molar-refractivity contribution is 0.101. The molecule has 4 rings (SSSR count). The largest absolute Gasteiger partial charge is 0.497 e. The molecule has 2 aliphatic rings. The van der Waals surface area contributed by atoms with E-state index in [4.69, 9.17) is 4.74 Å². The first-order chi connectivity index (χ1) is 11.2. The number of fused-ring (bicyclic) bond motifs is 5. The number of carbonyl (C=O) groups excluding carboxylic acids is 1. The number of hydrogen-bond donors (Lipinski definition) is 1. The van der Waals surface area contributed by atoms with Gasteiger partial charge in [0.25, 0.3) is 0 Å². The Hall–Kier alpha value is -2.36. The molecule has 2 bridgehead atoms. The van der Waals surface area contributed by atoms with Gasteiger partial charge in [0, 0.05) is 29.1 Å². The quantitative estimate of drug-likeness (QED) is 0.850. The van der Waals surface area contributed by atoms with Crippen molar-refractivity contribution in [2.75, 3.05) is 12.4 Å². The van der Waals surface area contributed by atoms with Gasteiger partial charge in [-0.2, -0.15) is 0 Å². The Morgan fingerprint density at radius 2 is 2.04 bits per heavy atom. The SMILES string of the molecule is COc1cccc(Nc2ncc(C(C)=O)c3c2C2CCC3C2)c1. The third-order valence-corrected chi connectivity index (χ3v) is 5.12. The Balaban J connectivity index is 1.77. The van der Waals surface area contributed by atoms with Gasteiger partial charge >= 0.3 is 0 Å². The van der Waals surface area contributed by atoms with Crippen molar-refractivity contribution in [2.45, 2.75) is 38.0 Å². The molecule has 2 unspecified atom stereocenters. The molecule has 0 radical (unpaired) electrons. The first kappa shape index (κ1) is 14.2. The number of Topliss-reactive ketones (excluding diaryl/α,β-unsaturated/α-hetero) is 1. The van der Waals surface area contributed by atoms with Crippen LogP contribution in [0.5, 0.6) is 5.75 Å². The molecule has 2 aliphatic carbocycles. The molecule has 1 N–H and O–H groups in total. The minimum atomic E-state index is 0.120. The number of nitrogens with one attached hydrogen (secondary N) is 1. The second kappa shape index (κ2) is 5.37. The highest BCUT2D eigenvalue weighted by Gasteiger charge is 2.41. The minimum absolute atomic E-state index is 0.120. The van der Waals surface area contributed by atoms with E-state index in [9.17, 15) is 4.79 Å². The summed E-state index contributed by atoms with van der Waals surface area (Å²) in [5, 5.41) is 3.43. The van der Waals surface area contributed by atoms with Gasteiger partial charge in [-0.25, -0.2) is 4.98 Å². The van der Waals surface area contributed by atoms with Gasteiger partial charge in [-0.1, -0.05) is 6.07 Å². The van der Waals surface area contributed by atoms with E-state index in [1.807, 2.05) is 24.3 Å². The van der Waals surface area contributed by atoms with E-state index >= 15 is 0 Å². The van der Waals surface area contributed by atoms with E-state index in [-0.39, 0.29) is 5.78 Å². The third kappa shape index (κ3) is 2.29. The fraction of sp³-hybridized carbons (Fsp3) is 0.368. The van der Waals surface area contributed by atoms with Gasteiger partial charge in [-0.3, -0.25) is 4.79 Å². The van der Waals surface area contributed by atoms with Gasteiger partial charge in [0.05, 0.1) is 7.11 Å². The van der Waals surface area contributed by atoms with Crippen molar-refractivity contribution in [3.05, 3.63) is 47.2 Å². The molecular weight excluding hydrogens is 288 g/mol. The summed E-state index contributed by atoms with van der Waals surface area (Å²) >= 11 is 0. The Bertz CT molecular complexity index is 785. The molecule has 0 spiro atoms. The number of aromatic nitrogens is 1. The molecule has 2 atom stereocenters. The number of ether oxygens (including phenoxy) is 1. The summed E-state index contributed by atoms with van der Waals surface area (Å²) in [5.41, 5.74) is 4.27. The van der Waals surface area contributed by atoms with Crippen LogP contribution >= 0.6 is 0 Å². The summed E-state index contributed by atoms with van der Waals surface area (Å²) < 4.78 is 5.28. The maximum absolute atomic E-state index is 12.0. The predicted octanol–water partition coefficient (Wildman–Crippen LogP) is 4.40. The van der Waals surface area contributed by atoms with Crippen LogP contribution in [0, 0.1) is 0 Å². The van der Waals surface area contributed by atoms with E-state index in [1.165, 1.54) is 24.0 Å². The lowest BCUT2D eigenvalue weighted by Crippen LogP contribution is -2.10. The van der Waals surface area contributed by atoms with Gasteiger partial charge in [0.15, 0.2) is 5.78 Å². The van der Waals surface area contributed by atoms with E-state index in [0.29, 0.717) is 11.8 Å². The molecular formula is C19H20N2O2. The Morgan fingerprint density at radius 1 is 1.26 bits per heavy atom. The molecule has 1 saturated carbocycles. The lowest BCUT2D eigenvalue weighted by Gasteiger charge is -2.21. The molecule has 0 amide bonds. The van der Waals surface area contributed by atoms with Gasteiger partial charge in [0.2, 0.25) is 0 Å². The third-order valence-electron chi connectivity index (χ3n) is 5.12. The average Bonchev–Trinajstić information content (AvgIpc) is 3.17. The minimum Gasteiger partial charge on any atom is -0.497 e. The maximum Gasteiger partial charge on any atom is 0.161 e. The zero-order valence-corrected chi connectivity index (χ0v) is 13.4. The highest BCUT2D eigenvalue weighted by Crippen LogP contribution is 2.56. The van der Waals surface area contributed by atoms with Crippen LogP contribution in [0.15, 0.2) is 30.5 Å². The molecule has 1 aromatic carbocycles. The number of nitrogens with zero attached hydrogens (tertiary/aromatic N) is 1.